The lowest BCUT2D eigenvalue weighted by Crippen LogP contribution is -2.53. The second kappa shape index (κ2) is 3.62. The monoisotopic (exact) mass is 183 g/mol. The Morgan fingerprint density at radius 3 is 2.50 bits per heavy atom. The fourth-order valence-corrected chi connectivity index (χ4v) is 1.31. The number of hydrogen-bond acceptors (Lipinski definition) is 2. The normalized spacial score (nSPS) is 25.5. The molecule has 0 aromatic heterocycles. The summed E-state index contributed by atoms with van der Waals surface area (Å²) in [5, 5.41) is 0. The van der Waals surface area contributed by atoms with Crippen molar-refractivity contribution < 1.29 is 17.9 Å². The van der Waals surface area contributed by atoms with Gasteiger partial charge in [-0.1, -0.05) is 0 Å². The van der Waals surface area contributed by atoms with Crippen LogP contribution in [-0.4, -0.2) is 43.9 Å². The van der Waals surface area contributed by atoms with E-state index in [2.05, 4.69) is 0 Å². The third kappa shape index (κ3) is 2.64. The summed E-state index contributed by atoms with van der Waals surface area (Å²) < 4.78 is 40.4. The van der Waals surface area contributed by atoms with E-state index >= 15 is 0 Å². The molecule has 1 fully saturated rings. The summed E-state index contributed by atoms with van der Waals surface area (Å²) in [4.78, 5) is 1.39. The van der Waals surface area contributed by atoms with Gasteiger partial charge in [-0.25, -0.2) is 0 Å². The molecule has 1 heterocycles. The largest absolute Gasteiger partial charge is 0.401 e. The zero-order valence-corrected chi connectivity index (χ0v) is 6.90. The van der Waals surface area contributed by atoms with E-state index in [0.29, 0.717) is 13.2 Å². The van der Waals surface area contributed by atoms with Crippen molar-refractivity contribution >= 4 is 0 Å². The smallest absolute Gasteiger partial charge is 0.383 e. The molecule has 0 saturated carbocycles. The van der Waals surface area contributed by atoms with Crippen LogP contribution < -0.4 is 0 Å². The van der Waals surface area contributed by atoms with Gasteiger partial charge in [0.05, 0.1) is 13.2 Å². The fourth-order valence-electron chi connectivity index (χ4n) is 1.31. The molecule has 1 aliphatic rings. The van der Waals surface area contributed by atoms with Crippen LogP contribution in [0.15, 0.2) is 0 Å². The van der Waals surface area contributed by atoms with Gasteiger partial charge in [-0.3, -0.25) is 4.90 Å². The highest BCUT2D eigenvalue weighted by Gasteiger charge is 2.37. The molecular formula is C7H12F3NO. The molecule has 0 bridgehead atoms. The lowest BCUT2D eigenvalue weighted by Gasteiger charge is -2.40. The summed E-state index contributed by atoms with van der Waals surface area (Å²) in [6.45, 7) is 0.130. The summed E-state index contributed by atoms with van der Waals surface area (Å²) in [7, 11) is 1.50. The quantitative estimate of drug-likeness (QED) is 0.653. The number of hydrogen-bond donors (Lipinski definition) is 0. The van der Waals surface area contributed by atoms with Gasteiger partial charge in [0, 0.05) is 19.7 Å². The Labute approximate surface area is 69.3 Å². The van der Waals surface area contributed by atoms with Crippen LogP contribution in [-0.2, 0) is 4.74 Å². The van der Waals surface area contributed by atoms with Crippen LogP contribution in [0, 0.1) is 0 Å². The average molecular weight is 183 g/mol. The maximum absolute atomic E-state index is 11.9. The Kier molecular flexibility index (Phi) is 2.95. The molecule has 5 heteroatoms. The zero-order valence-electron chi connectivity index (χ0n) is 6.90. The summed E-state index contributed by atoms with van der Waals surface area (Å²) in [6.07, 6.45) is -3.27. The van der Waals surface area contributed by atoms with Gasteiger partial charge in [0.2, 0.25) is 0 Å². The molecule has 1 aliphatic heterocycles. The Balaban J connectivity index is 2.25. The van der Waals surface area contributed by atoms with Crippen LogP contribution in [0.3, 0.4) is 0 Å². The van der Waals surface area contributed by atoms with Gasteiger partial charge in [0.15, 0.2) is 0 Å². The standard InChI is InChI=1S/C7H12F3NO/c1-12-4-6-2-3-11(6)5-7(8,9)10/h6H,2-5H2,1H3/t6-/m0/s1. The van der Waals surface area contributed by atoms with Crippen molar-refractivity contribution in [3.8, 4) is 0 Å². The van der Waals surface area contributed by atoms with E-state index in [1.54, 1.807) is 0 Å². The highest BCUT2D eigenvalue weighted by Crippen LogP contribution is 2.24. The van der Waals surface area contributed by atoms with Gasteiger partial charge < -0.3 is 4.74 Å². The van der Waals surface area contributed by atoms with Crippen molar-refractivity contribution in [2.75, 3.05) is 26.8 Å². The first-order valence-electron chi connectivity index (χ1n) is 3.82. The number of methoxy groups -OCH3 is 1. The molecular weight excluding hydrogens is 171 g/mol. The Morgan fingerprint density at radius 2 is 2.17 bits per heavy atom. The summed E-state index contributed by atoms with van der Waals surface area (Å²) in [5.41, 5.74) is 0. The molecule has 0 amide bonds. The van der Waals surface area contributed by atoms with Crippen LogP contribution in [0.25, 0.3) is 0 Å². The van der Waals surface area contributed by atoms with Gasteiger partial charge in [0.1, 0.15) is 0 Å². The van der Waals surface area contributed by atoms with Crippen LogP contribution in [0.2, 0.25) is 0 Å². The van der Waals surface area contributed by atoms with Gasteiger partial charge in [-0.2, -0.15) is 13.2 Å². The van der Waals surface area contributed by atoms with Crippen LogP contribution in [0.4, 0.5) is 13.2 Å². The molecule has 0 unspecified atom stereocenters. The van der Waals surface area contributed by atoms with Crippen LogP contribution in [0.1, 0.15) is 6.42 Å². The van der Waals surface area contributed by atoms with E-state index in [1.807, 2.05) is 0 Å². The highest BCUT2D eigenvalue weighted by atomic mass is 19.4. The molecule has 0 aliphatic carbocycles. The molecule has 12 heavy (non-hydrogen) atoms. The molecule has 0 spiro atoms. The van der Waals surface area contributed by atoms with Crippen molar-refractivity contribution in [2.45, 2.75) is 18.6 Å². The molecule has 2 nitrogen and oxygen atoms in total. The predicted octanol–water partition coefficient (Wildman–Crippen LogP) is 1.27. The van der Waals surface area contributed by atoms with Crippen molar-refractivity contribution in [3.63, 3.8) is 0 Å². The van der Waals surface area contributed by atoms with Gasteiger partial charge in [-0.05, 0) is 6.42 Å². The molecule has 1 saturated heterocycles. The minimum atomic E-state index is -4.08. The van der Waals surface area contributed by atoms with Gasteiger partial charge in [0.25, 0.3) is 0 Å². The molecule has 0 radical (unpaired) electrons. The summed E-state index contributed by atoms with van der Waals surface area (Å²) >= 11 is 0. The van der Waals surface area contributed by atoms with E-state index in [-0.39, 0.29) is 6.04 Å². The van der Waals surface area contributed by atoms with Crippen molar-refractivity contribution in [2.24, 2.45) is 0 Å². The van der Waals surface area contributed by atoms with Crippen LogP contribution >= 0.6 is 0 Å². The topological polar surface area (TPSA) is 12.5 Å². The zero-order chi connectivity index (χ0) is 9.19. The molecule has 1 atom stereocenters. The summed E-state index contributed by atoms with van der Waals surface area (Å²) in [5.74, 6) is 0. The lowest BCUT2D eigenvalue weighted by atomic mass is 10.0. The minimum absolute atomic E-state index is 0.0309. The minimum Gasteiger partial charge on any atom is -0.383 e. The first kappa shape index (κ1) is 9.80. The first-order valence-corrected chi connectivity index (χ1v) is 3.82. The maximum Gasteiger partial charge on any atom is 0.401 e. The summed E-state index contributed by atoms with van der Waals surface area (Å²) in [6, 6.07) is -0.0309. The highest BCUT2D eigenvalue weighted by molar-refractivity contribution is 4.83. The van der Waals surface area contributed by atoms with E-state index in [9.17, 15) is 13.2 Å². The van der Waals surface area contributed by atoms with Gasteiger partial charge in [-0.15, -0.1) is 0 Å². The molecule has 1 rings (SSSR count). The van der Waals surface area contributed by atoms with E-state index in [1.165, 1.54) is 12.0 Å². The second-order valence-electron chi connectivity index (χ2n) is 2.98. The van der Waals surface area contributed by atoms with E-state index in [4.69, 9.17) is 4.74 Å². The van der Waals surface area contributed by atoms with E-state index < -0.39 is 12.7 Å². The molecule has 0 aromatic rings. The Morgan fingerprint density at radius 1 is 1.50 bits per heavy atom. The lowest BCUT2D eigenvalue weighted by molar-refractivity contribution is -0.165. The number of alkyl halides is 3. The van der Waals surface area contributed by atoms with Crippen molar-refractivity contribution in [1.29, 1.82) is 0 Å². The van der Waals surface area contributed by atoms with Gasteiger partial charge >= 0.3 is 6.18 Å². The second-order valence-corrected chi connectivity index (χ2v) is 2.98. The first-order chi connectivity index (χ1) is 5.53. The van der Waals surface area contributed by atoms with Crippen molar-refractivity contribution in [1.82, 2.24) is 4.90 Å². The molecule has 0 aromatic carbocycles. The SMILES string of the molecule is COC[C@@H]1CCN1CC(F)(F)F. The third-order valence-electron chi connectivity index (χ3n) is 2.01. The number of halogens is 3. The van der Waals surface area contributed by atoms with Crippen molar-refractivity contribution in [3.05, 3.63) is 0 Å². The number of ether oxygens (including phenoxy) is 1. The molecule has 72 valence electrons. The number of rotatable bonds is 3. The molecule has 0 N–H and O–H groups in total. The number of likely N-dealkylation sites (tertiary alicyclic amines) is 1. The van der Waals surface area contributed by atoms with E-state index in [0.717, 1.165) is 6.42 Å². The predicted molar refractivity (Wildman–Crippen MR) is 37.9 cm³/mol. The number of nitrogens with zero attached hydrogens (tertiary/aromatic N) is 1. The van der Waals surface area contributed by atoms with Crippen LogP contribution in [0.5, 0.6) is 0 Å². The maximum atomic E-state index is 11.9. The third-order valence-corrected chi connectivity index (χ3v) is 2.01. The Hall–Kier alpha value is -0.290. The fraction of sp³-hybridized carbons (Fsp3) is 1.00. The Bertz CT molecular complexity index is 148. The average Bonchev–Trinajstić information content (AvgIpc) is 1.92.